The summed E-state index contributed by atoms with van der Waals surface area (Å²) in [4.78, 5) is 8.17. The Balaban J connectivity index is 2.28. The van der Waals surface area contributed by atoms with Crippen molar-refractivity contribution in [3.05, 3.63) is 24.3 Å². The van der Waals surface area contributed by atoms with E-state index in [4.69, 9.17) is 0 Å². The number of aryl methyl sites for hydroxylation is 1. The van der Waals surface area contributed by atoms with Gasteiger partial charge in [0.25, 0.3) is 0 Å². The molecule has 0 unspecified atom stereocenters. The highest BCUT2D eigenvalue weighted by atomic mass is 32.2. The highest BCUT2D eigenvalue weighted by molar-refractivity contribution is 7.98. The van der Waals surface area contributed by atoms with Crippen molar-refractivity contribution in [1.29, 1.82) is 0 Å². The van der Waals surface area contributed by atoms with Gasteiger partial charge in [-0.3, -0.25) is 9.97 Å². The molecule has 11 heavy (non-hydrogen) atoms. The number of rotatable bonds is 4. The molecule has 3 heteroatoms. The molecule has 1 rings (SSSR count). The molecule has 0 bridgehead atoms. The van der Waals surface area contributed by atoms with Crippen LogP contribution in [0.5, 0.6) is 0 Å². The normalized spacial score (nSPS) is 9.91. The van der Waals surface area contributed by atoms with Gasteiger partial charge in [0.1, 0.15) is 0 Å². The van der Waals surface area contributed by atoms with Gasteiger partial charge in [-0.25, -0.2) is 0 Å². The van der Waals surface area contributed by atoms with E-state index >= 15 is 0 Å². The van der Waals surface area contributed by atoms with Gasteiger partial charge in [0.05, 0.1) is 5.69 Å². The fourth-order valence-electron chi connectivity index (χ4n) is 0.857. The van der Waals surface area contributed by atoms with Gasteiger partial charge in [-0.05, 0) is 24.9 Å². The Morgan fingerprint density at radius 1 is 1.45 bits per heavy atom. The minimum Gasteiger partial charge on any atom is -0.261 e. The van der Waals surface area contributed by atoms with Crippen molar-refractivity contribution in [2.45, 2.75) is 12.8 Å². The van der Waals surface area contributed by atoms with Crippen molar-refractivity contribution in [2.75, 3.05) is 12.0 Å². The summed E-state index contributed by atoms with van der Waals surface area (Å²) in [6, 6.07) is 0. The fraction of sp³-hybridized carbons (Fsp3) is 0.500. The van der Waals surface area contributed by atoms with Crippen LogP contribution in [0.3, 0.4) is 0 Å². The molecule has 0 aliphatic rings. The molecule has 0 aliphatic carbocycles. The van der Waals surface area contributed by atoms with Crippen LogP contribution in [-0.4, -0.2) is 22.0 Å². The van der Waals surface area contributed by atoms with E-state index < -0.39 is 0 Å². The summed E-state index contributed by atoms with van der Waals surface area (Å²) in [5.74, 6) is 1.20. The van der Waals surface area contributed by atoms with E-state index in [2.05, 4.69) is 16.2 Å². The van der Waals surface area contributed by atoms with E-state index in [1.165, 1.54) is 12.2 Å². The minimum atomic E-state index is 1.05. The molecule has 0 saturated carbocycles. The van der Waals surface area contributed by atoms with Crippen molar-refractivity contribution in [2.24, 2.45) is 0 Å². The van der Waals surface area contributed by atoms with Crippen molar-refractivity contribution in [1.82, 2.24) is 9.97 Å². The fourth-order valence-corrected chi connectivity index (χ4v) is 1.29. The second-order valence-electron chi connectivity index (χ2n) is 2.29. The molecule has 0 radical (unpaired) electrons. The smallest absolute Gasteiger partial charge is 0.0586 e. The summed E-state index contributed by atoms with van der Waals surface area (Å²) in [5, 5.41) is 0. The highest BCUT2D eigenvalue weighted by Crippen LogP contribution is 2.01. The average molecular weight is 168 g/mol. The number of thioether (sulfide) groups is 1. The second kappa shape index (κ2) is 5.13. The summed E-state index contributed by atoms with van der Waals surface area (Å²) in [5.41, 5.74) is 1.10. The monoisotopic (exact) mass is 168 g/mol. The van der Waals surface area contributed by atoms with Gasteiger partial charge in [-0.2, -0.15) is 11.8 Å². The zero-order valence-corrected chi connectivity index (χ0v) is 7.47. The molecule has 1 aromatic rings. The zero-order valence-electron chi connectivity index (χ0n) is 6.66. The van der Waals surface area contributed by atoms with E-state index in [9.17, 15) is 0 Å². The van der Waals surface area contributed by atoms with Crippen LogP contribution >= 0.6 is 11.8 Å². The van der Waals surface area contributed by atoms with E-state index in [-0.39, 0.29) is 0 Å². The number of hydrogen-bond donors (Lipinski definition) is 0. The topological polar surface area (TPSA) is 25.8 Å². The first-order valence-electron chi connectivity index (χ1n) is 3.67. The maximum atomic E-state index is 4.18. The Kier molecular flexibility index (Phi) is 3.98. The van der Waals surface area contributed by atoms with E-state index in [0.717, 1.165) is 12.1 Å². The lowest BCUT2D eigenvalue weighted by Gasteiger charge is -1.96. The maximum Gasteiger partial charge on any atom is 0.0586 e. The van der Waals surface area contributed by atoms with E-state index in [1.807, 2.05) is 18.0 Å². The van der Waals surface area contributed by atoms with Crippen LogP contribution in [0.15, 0.2) is 18.6 Å². The number of nitrogens with zero attached hydrogens (tertiary/aromatic N) is 2. The average Bonchev–Trinajstić information content (AvgIpc) is 2.07. The molecule has 0 saturated heterocycles. The highest BCUT2D eigenvalue weighted by Gasteiger charge is 1.91. The van der Waals surface area contributed by atoms with Crippen LogP contribution in [0.25, 0.3) is 0 Å². The Hall–Kier alpha value is -0.570. The van der Waals surface area contributed by atoms with Crippen LogP contribution in [0, 0.1) is 0 Å². The van der Waals surface area contributed by atoms with Crippen LogP contribution in [0.2, 0.25) is 0 Å². The first-order chi connectivity index (χ1) is 5.43. The molecule has 0 aliphatic heterocycles. The molecule has 0 N–H and O–H groups in total. The lowest BCUT2D eigenvalue weighted by atomic mass is 10.3. The second-order valence-corrected chi connectivity index (χ2v) is 3.28. The number of aromatic nitrogens is 2. The van der Waals surface area contributed by atoms with Gasteiger partial charge in [0.15, 0.2) is 0 Å². The molecule has 0 atom stereocenters. The van der Waals surface area contributed by atoms with Gasteiger partial charge in [-0.1, -0.05) is 0 Å². The summed E-state index contributed by atoms with van der Waals surface area (Å²) >= 11 is 1.87. The molecule has 2 nitrogen and oxygen atoms in total. The Morgan fingerprint density at radius 2 is 2.36 bits per heavy atom. The Bertz CT molecular complexity index is 189. The largest absolute Gasteiger partial charge is 0.261 e. The summed E-state index contributed by atoms with van der Waals surface area (Å²) in [6.07, 6.45) is 9.65. The summed E-state index contributed by atoms with van der Waals surface area (Å²) < 4.78 is 0. The van der Waals surface area contributed by atoms with Gasteiger partial charge in [-0.15, -0.1) is 0 Å². The molecule has 60 valence electrons. The predicted octanol–water partition coefficient (Wildman–Crippen LogP) is 1.77. The lowest BCUT2D eigenvalue weighted by molar-refractivity contribution is 0.880. The molecule has 0 spiro atoms. The molecule has 0 aromatic carbocycles. The standard InChI is InChI=1S/C8H12N2S/c1-11-6-2-3-8-7-9-4-5-10-8/h4-5,7H,2-3,6H2,1H3. The first kappa shape index (κ1) is 8.53. The maximum absolute atomic E-state index is 4.18. The Morgan fingerprint density at radius 3 is 3.00 bits per heavy atom. The zero-order chi connectivity index (χ0) is 7.94. The summed E-state index contributed by atoms with van der Waals surface area (Å²) in [7, 11) is 0. The third-order valence-electron chi connectivity index (χ3n) is 1.40. The number of hydrogen-bond acceptors (Lipinski definition) is 3. The molecule has 1 aromatic heterocycles. The molecule has 0 fully saturated rings. The van der Waals surface area contributed by atoms with Crippen LogP contribution in [-0.2, 0) is 6.42 Å². The van der Waals surface area contributed by atoms with Crippen molar-refractivity contribution >= 4 is 11.8 Å². The minimum absolute atomic E-state index is 1.05. The quantitative estimate of drug-likeness (QED) is 0.641. The molecular formula is C8H12N2S. The van der Waals surface area contributed by atoms with Crippen LogP contribution in [0.1, 0.15) is 12.1 Å². The summed E-state index contributed by atoms with van der Waals surface area (Å²) in [6.45, 7) is 0. The SMILES string of the molecule is CSCCCc1cnccn1. The third-order valence-corrected chi connectivity index (χ3v) is 2.09. The van der Waals surface area contributed by atoms with Gasteiger partial charge < -0.3 is 0 Å². The van der Waals surface area contributed by atoms with Crippen molar-refractivity contribution in [3.63, 3.8) is 0 Å². The molecule has 1 heterocycles. The molecule has 0 amide bonds. The van der Waals surface area contributed by atoms with Crippen molar-refractivity contribution < 1.29 is 0 Å². The van der Waals surface area contributed by atoms with Crippen LogP contribution < -0.4 is 0 Å². The first-order valence-corrected chi connectivity index (χ1v) is 5.06. The third kappa shape index (κ3) is 3.37. The Labute approximate surface area is 71.5 Å². The van der Waals surface area contributed by atoms with Gasteiger partial charge >= 0.3 is 0 Å². The molecular weight excluding hydrogens is 156 g/mol. The van der Waals surface area contributed by atoms with Gasteiger partial charge in [0, 0.05) is 18.6 Å². The van der Waals surface area contributed by atoms with Crippen LogP contribution in [0.4, 0.5) is 0 Å². The van der Waals surface area contributed by atoms with Gasteiger partial charge in [0.2, 0.25) is 0 Å². The van der Waals surface area contributed by atoms with E-state index in [0.29, 0.717) is 0 Å². The van der Waals surface area contributed by atoms with Crippen molar-refractivity contribution in [3.8, 4) is 0 Å². The van der Waals surface area contributed by atoms with E-state index in [1.54, 1.807) is 12.4 Å². The predicted molar refractivity (Wildman–Crippen MR) is 48.7 cm³/mol. The lowest BCUT2D eigenvalue weighted by Crippen LogP contribution is -1.91.